The molecular formula is C14H24Br2Te. The predicted molar refractivity (Wildman–Crippen MR) is 88.4 cm³/mol. The van der Waals surface area contributed by atoms with Crippen LogP contribution in [0.15, 0.2) is 21.1 Å². The van der Waals surface area contributed by atoms with Gasteiger partial charge in [-0.2, -0.15) is 0 Å². The molecule has 17 heavy (non-hydrogen) atoms. The number of allylic oxidation sites excluding steroid dienone is 4. The fourth-order valence-corrected chi connectivity index (χ4v) is 6.00. The van der Waals surface area contributed by atoms with Crippen molar-refractivity contribution in [2.45, 2.75) is 61.3 Å². The van der Waals surface area contributed by atoms with Gasteiger partial charge in [0.15, 0.2) is 0 Å². The molecule has 0 saturated heterocycles. The SMILES string of the molecule is CCCCC=C(Br)C[Te]CC(Br)=CCCCC. The van der Waals surface area contributed by atoms with Crippen LogP contribution in [0, 0.1) is 0 Å². The van der Waals surface area contributed by atoms with Crippen molar-refractivity contribution >= 4 is 52.8 Å². The van der Waals surface area contributed by atoms with Crippen LogP contribution in [0.3, 0.4) is 0 Å². The molecule has 0 unspecified atom stereocenters. The van der Waals surface area contributed by atoms with E-state index in [0.717, 1.165) is 0 Å². The van der Waals surface area contributed by atoms with Crippen LogP contribution in [0.4, 0.5) is 0 Å². The molecular weight excluding hydrogens is 456 g/mol. The van der Waals surface area contributed by atoms with Gasteiger partial charge in [-0.15, -0.1) is 0 Å². The molecule has 0 aromatic heterocycles. The van der Waals surface area contributed by atoms with E-state index in [-0.39, 0.29) is 20.9 Å². The summed E-state index contributed by atoms with van der Waals surface area (Å²) in [6.45, 7) is 4.49. The van der Waals surface area contributed by atoms with E-state index in [1.807, 2.05) is 0 Å². The summed E-state index contributed by atoms with van der Waals surface area (Å²) in [5.41, 5.74) is 0. The van der Waals surface area contributed by atoms with Gasteiger partial charge >= 0.3 is 135 Å². The molecule has 0 nitrogen and oxygen atoms in total. The van der Waals surface area contributed by atoms with Crippen LogP contribution in [0.2, 0.25) is 8.94 Å². The molecule has 0 bridgehead atoms. The van der Waals surface area contributed by atoms with Gasteiger partial charge in [0, 0.05) is 0 Å². The molecule has 0 heterocycles. The molecule has 0 rings (SSSR count). The van der Waals surface area contributed by atoms with Crippen molar-refractivity contribution in [3.8, 4) is 0 Å². The molecule has 0 aromatic rings. The summed E-state index contributed by atoms with van der Waals surface area (Å²) in [7, 11) is 0. The van der Waals surface area contributed by atoms with Crippen LogP contribution in [0.1, 0.15) is 52.4 Å². The van der Waals surface area contributed by atoms with E-state index in [9.17, 15) is 0 Å². The first-order valence-electron chi connectivity index (χ1n) is 6.47. The second-order valence-corrected chi connectivity index (χ2v) is 8.93. The molecule has 0 amide bonds. The summed E-state index contributed by atoms with van der Waals surface area (Å²) in [6.07, 6.45) is 12.4. The van der Waals surface area contributed by atoms with Crippen molar-refractivity contribution < 1.29 is 0 Å². The number of unbranched alkanes of at least 4 members (excludes halogenated alkanes) is 4. The Bertz CT molecular complexity index is 210. The van der Waals surface area contributed by atoms with Gasteiger partial charge in [0.25, 0.3) is 0 Å². The van der Waals surface area contributed by atoms with Gasteiger partial charge in [-0.3, -0.25) is 0 Å². The van der Waals surface area contributed by atoms with E-state index in [2.05, 4.69) is 57.9 Å². The van der Waals surface area contributed by atoms with E-state index < -0.39 is 0 Å². The summed E-state index contributed by atoms with van der Waals surface area (Å²) in [6, 6.07) is 0. The van der Waals surface area contributed by atoms with E-state index >= 15 is 0 Å². The number of hydrogen-bond donors (Lipinski definition) is 0. The molecule has 0 aromatic carbocycles. The van der Waals surface area contributed by atoms with E-state index in [0.29, 0.717) is 0 Å². The Morgan fingerprint density at radius 2 is 1.29 bits per heavy atom. The van der Waals surface area contributed by atoms with Gasteiger partial charge in [-0.1, -0.05) is 0 Å². The van der Waals surface area contributed by atoms with Crippen molar-refractivity contribution in [1.82, 2.24) is 0 Å². The van der Waals surface area contributed by atoms with Gasteiger partial charge < -0.3 is 0 Å². The molecule has 0 radical (unpaired) electrons. The van der Waals surface area contributed by atoms with Gasteiger partial charge in [-0.25, -0.2) is 0 Å². The Morgan fingerprint density at radius 1 is 0.882 bits per heavy atom. The second kappa shape index (κ2) is 13.7. The number of hydrogen-bond acceptors (Lipinski definition) is 0. The van der Waals surface area contributed by atoms with Crippen molar-refractivity contribution in [2.24, 2.45) is 0 Å². The zero-order chi connectivity index (χ0) is 12.9. The molecule has 0 aliphatic carbocycles. The third-order valence-electron chi connectivity index (χ3n) is 2.33. The summed E-state index contributed by atoms with van der Waals surface area (Å²) in [5.74, 6) is 0. The van der Waals surface area contributed by atoms with Crippen LogP contribution < -0.4 is 0 Å². The molecule has 0 aliphatic rings. The monoisotopic (exact) mass is 480 g/mol. The van der Waals surface area contributed by atoms with E-state index in [4.69, 9.17) is 0 Å². The fourth-order valence-electron chi connectivity index (χ4n) is 1.29. The van der Waals surface area contributed by atoms with Crippen LogP contribution in [-0.4, -0.2) is 20.9 Å². The minimum atomic E-state index is 0.0951. The topological polar surface area (TPSA) is 0 Å². The van der Waals surface area contributed by atoms with Crippen LogP contribution in [-0.2, 0) is 0 Å². The maximum atomic E-state index is 3.68. The van der Waals surface area contributed by atoms with Crippen LogP contribution in [0.25, 0.3) is 0 Å². The first-order valence-corrected chi connectivity index (χ1v) is 11.4. The summed E-state index contributed by atoms with van der Waals surface area (Å²) < 4.78 is 5.46. The molecule has 3 heteroatoms. The van der Waals surface area contributed by atoms with Gasteiger partial charge in [0.2, 0.25) is 0 Å². The number of rotatable bonds is 10. The van der Waals surface area contributed by atoms with Gasteiger partial charge in [0.1, 0.15) is 0 Å². The van der Waals surface area contributed by atoms with Gasteiger partial charge in [0.05, 0.1) is 0 Å². The average molecular weight is 480 g/mol. The Morgan fingerprint density at radius 3 is 1.65 bits per heavy atom. The standard InChI is InChI=1S/C14H24Br2Te/c1-3-5-7-9-13(15)11-17-12-14(16)10-8-6-4-2/h9-10H,3-8,11-12H2,1-2H3. The molecule has 0 N–H and O–H groups in total. The summed E-state index contributed by atoms with van der Waals surface area (Å²) in [5, 5.41) is 0. The fraction of sp³-hybridized carbons (Fsp3) is 0.714. The van der Waals surface area contributed by atoms with E-state index in [1.165, 1.54) is 56.4 Å². The maximum absolute atomic E-state index is 3.68. The third-order valence-corrected chi connectivity index (χ3v) is 8.79. The third kappa shape index (κ3) is 13.5. The van der Waals surface area contributed by atoms with E-state index in [1.54, 1.807) is 0 Å². The zero-order valence-corrected chi connectivity index (χ0v) is 16.5. The van der Waals surface area contributed by atoms with Crippen LogP contribution >= 0.6 is 31.9 Å². The molecule has 0 spiro atoms. The molecule has 0 saturated carbocycles. The summed E-state index contributed by atoms with van der Waals surface area (Å²) in [4.78, 5) is 0. The first kappa shape index (κ1) is 18.2. The van der Waals surface area contributed by atoms with Crippen molar-refractivity contribution in [3.63, 3.8) is 0 Å². The minimum absolute atomic E-state index is 0.0951. The zero-order valence-electron chi connectivity index (χ0n) is 11.0. The van der Waals surface area contributed by atoms with Crippen molar-refractivity contribution in [2.75, 3.05) is 0 Å². The average Bonchev–Trinajstić information content (AvgIpc) is 2.30. The Labute approximate surface area is 134 Å². The van der Waals surface area contributed by atoms with Gasteiger partial charge in [-0.05, 0) is 0 Å². The normalized spacial score (nSPS) is 13.2. The second-order valence-electron chi connectivity index (χ2n) is 4.08. The predicted octanol–water partition coefficient (Wildman–Crippen LogP) is 6.47. The Kier molecular flexibility index (Phi) is 14.6. The molecule has 0 atom stereocenters. The first-order chi connectivity index (χ1) is 8.20. The summed E-state index contributed by atoms with van der Waals surface area (Å²) >= 11 is 7.46. The molecule has 0 aliphatic heterocycles. The van der Waals surface area contributed by atoms with Crippen molar-refractivity contribution in [1.29, 1.82) is 0 Å². The van der Waals surface area contributed by atoms with Crippen LogP contribution in [0.5, 0.6) is 0 Å². The molecule has 0 fully saturated rings. The Balaban J connectivity index is 3.60. The number of halogens is 2. The van der Waals surface area contributed by atoms with Crippen molar-refractivity contribution in [3.05, 3.63) is 21.1 Å². The molecule has 100 valence electrons. The quantitative estimate of drug-likeness (QED) is 0.249. The Hall–Kier alpha value is 1.23.